The van der Waals surface area contributed by atoms with Crippen LogP contribution in [0.2, 0.25) is 0 Å². The van der Waals surface area contributed by atoms with Crippen LogP contribution in [0.25, 0.3) is 0 Å². The first-order chi connectivity index (χ1) is 11.1. The maximum atomic E-state index is 12.0. The Morgan fingerprint density at radius 2 is 2.12 bits per heavy atom. The fourth-order valence-electron chi connectivity index (χ4n) is 2.89. The number of aryl methyl sites for hydroxylation is 1. The SMILES string of the molecule is Cc1cn([C@@H]2O[C@H](CO)[C@]3(OS(=O)(=O)C=C3N)[C@H]2O)c(=O)[nH]c1=O. The molecule has 1 aromatic rings. The van der Waals surface area contributed by atoms with Gasteiger partial charge in [0.2, 0.25) is 0 Å². The summed E-state index contributed by atoms with van der Waals surface area (Å²) in [5.74, 6) is 0. The Kier molecular flexibility index (Phi) is 3.69. The number of nitrogens with two attached hydrogens (primary N) is 1. The van der Waals surface area contributed by atoms with Crippen LogP contribution in [0, 0.1) is 6.92 Å². The van der Waals surface area contributed by atoms with Crippen molar-refractivity contribution in [2.45, 2.75) is 31.0 Å². The van der Waals surface area contributed by atoms with E-state index in [-0.39, 0.29) is 11.3 Å². The summed E-state index contributed by atoms with van der Waals surface area (Å²) in [5, 5.41) is 20.7. The number of ether oxygens (including phenoxy) is 1. The number of aliphatic hydroxyl groups excluding tert-OH is 2. The van der Waals surface area contributed by atoms with E-state index in [0.717, 1.165) is 10.8 Å². The number of aromatic nitrogens is 2. The van der Waals surface area contributed by atoms with Crippen LogP contribution in [-0.4, -0.2) is 52.6 Å². The molecule has 2 aliphatic rings. The molecule has 11 nitrogen and oxygen atoms in total. The highest BCUT2D eigenvalue weighted by Gasteiger charge is 2.64. The van der Waals surface area contributed by atoms with Crippen molar-refractivity contribution in [3.05, 3.63) is 43.7 Å². The van der Waals surface area contributed by atoms with Gasteiger partial charge >= 0.3 is 5.69 Å². The fraction of sp³-hybridized carbons (Fsp3) is 0.500. The van der Waals surface area contributed by atoms with Crippen LogP contribution >= 0.6 is 0 Å². The molecule has 4 atom stereocenters. The fourth-order valence-corrected chi connectivity index (χ4v) is 4.12. The van der Waals surface area contributed by atoms with Crippen LogP contribution in [0.3, 0.4) is 0 Å². The summed E-state index contributed by atoms with van der Waals surface area (Å²) in [4.78, 5) is 25.5. The third-order valence-corrected chi connectivity index (χ3v) is 5.10. The molecule has 1 fully saturated rings. The molecule has 3 heterocycles. The molecule has 132 valence electrons. The van der Waals surface area contributed by atoms with Crippen molar-refractivity contribution >= 4 is 10.1 Å². The standard InChI is InChI=1S/C12H15N3O8S/c1-5-2-15(11(19)14-9(5)18)10-8(17)12(7(3-16)22-10)6(13)4-24(20,21)23-12/h2,4,7-8,10,16-17H,3,13H2,1H3,(H,14,18,19)/t7-,8+,10-,12+/m1/s1. The second-order valence-corrected chi connectivity index (χ2v) is 6.95. The molecule has 1 spiro atoms. The van der Waals surface area contributed by atoms with Gasteiger partial charge < -0.3 is 20.7 Å². The van der Waals surface area contributed by atoms with Gasteiger partial charge in [-0.15, -0.1) is 0 Å². The topological polar surface area (TPSA) is 174 Å². The van der Waals surface area contributed by atoms with E-state index in [1.165, 1.54) is 6.92 Å². The molecule has 1 aromatic heterocycles. The summed E-state index contributed by atoms with van der Waals surface area (Å²) in [6.45, 7) is 0.703. The number of rotatable bonds is 2. The van der Waals surface area contributed by atoms with E-state index in [1.54, 1.807) is 0 Å². The summed E-state index contributed by atoms with van der Waals surface area (Å²) < 4.78 is 34.5. The van der Waals surface area contributed by atoms with Gasteiger partial charge in [0.1, 0.15) is 12.2 Å². The predicted octanol–water partition coefficient (Wildman–Crippen LogP) is -3.01. The highest BCUT2D eigenvalue weighted by Crippen LogP contribution is 2.46. The number of nitrogens with zero attached hydrogens (tertiary/aromatic N) is 1. The second-order valence-electron chi connectivity index (χ2n) is 5.56. The van der Waals surface area contributed by atoms with Gasteiger partial charge in [-0.1, -0.05) is 0 Å². The third-order valence-electron chi connectivity index (χ3n) is 4.05. The summed E-state index contributed by atoms with van der Waals surface area (Å²) in [6.07, 6.45) is -3.35. The number of aliphatic hydroxyl groups is 2. The molecule has 0 unspecified atom stereocenters. The lowest BCUT2D eigenvalue weighted by atomic mass is 9.89. The van der Waals surface area contributed by atoms with E-state index in [2.05, 4.69) is 0 Å². The average molecular weight is 361 g/mol. The lowest BCUT2D eigenvalue weighted by molar-refractivity contribution is -0.0591. The normalized spacial score (nSPS) is 34.6. The number of hydrogen-bond acceptors (Lipinski definition) is 9. The largest absolute Gasteiger partial charge is 0.399 e. The van der Waals surface area contributed by atoms with E-state index in [4.69, 9.17) is 14.7 Å². The molecule has 12 heteroatoms. The monoisotopic (exact) mass is 361 g/mol. The number of aromatic amines is 1. The van der Waals surface area contributed by atoms with Crippen molar-refractivity contribution in [2.24, 2.45) is 5.73 Å². The smallest absolute Gasteiger partial charge is 0.330 e. The van der Waals surface area contributed by atoms with Gasteiger partial charge in [-0.25, -0.2) is 8.98 Å². The highest BCUT2D eigenvalue weighted by atomic mass is 32.2. The Balaban J connectivity index is 2.13. The molecule has 2 aliphatic heterocycles. The van der Waals surface area contributed by atoms with Crippen LogP contribution in [0.5, 0.6) is 0 Å². The number of hydrogen-bond donors (Lipinski definition) is 4. The summed E-state index contributed by atoms with van der Waals surface area (Å²) >= 11 is 0. The zero-order chi connectivity index (χ0) is 17.9. The molecule has 0 amide bonds. The van der Waals surface area contributed by atoms with Crippen LogP contribution in [0.4, 0.5) is 0 Å². The molecular formula is C12H15N3O8S. The van der Waals surface area contributed by atoms with E-state index < -0.39 is 52.0 Å². The van der Waals surface area contributed by atoms with Crippen LogP contribution in [0.15, 0.2) is 26.9 Å². The van der Waals surface area contributed by atoms with Gasteiger partial charge in [0, 0.05) is 11.8 Å². The first kappa shape index (κ1) is 16.9. The lowest BCUT2D eigenvalue weighted by Crippen LogP contribution is -2.53. The second kappa shape index (κ2) is 5.26. The van der Waals surface area contributed by atoms with Crippen LogP contribution in [0.1, 0.15) is 11.8 Å². The number of nitrogens with one attached hydrogen (secondary N) is 1. The van der Waals surface area contributed by atoms with Gasteiger partial charge in [0.05, 0.1) is 17.7 Å². The summed E-state index contributed by atoms with van der Waals surface area (Å²) in [7, 11) is -4.18. The van der Waals surface area contributed by atoms with E-state index in [0.29, 0.717) is 5.41 Å². The minimum Gasteiger partial charge on any atom is -0.399 e. The number of H-pyrrole nitrogens is 1. The Hall–Kier alpha value is -1.99. The Morgan fingerprint density at radius 3 is 2.67 bits per heavy atom. The molecule has 0 radical (unpaired) electrons. The predicted molar refractivity (Wildman–Crippen MR) is 78.1 cm³/mol. The van der Waals surface area contributed by atoms with Crippen molar-refractivity contribution in [2.75, 3.05) is 6.61 Å². The molecule has 5 N–H and O–H groups in total. The maximum absolute atomic E-state index is 12.0. The first-order valence-electron chi connectivity index (χ1n) is 6.82. The van der Waals surface area contributed by atoms with Crippen LogP contribution in [-0.2, 0) is 19.0 Å². The Bertz CT molecular complexity index is 932. The minimum atomic E-state index is -4.18. The molecule has 3 rings (SSSR count). The van der Waals surface area contributed by atoms with Crippen molar-refractivity contribution in [1.82, 2.24) is 9.55 Å². The van der Waals surface area contributed by atoms with Gasteiger partial charge in [-0.05, 0) is 6.92 Å². The van der Waals surface area contributed by atoms with E-state index in [9.17, 15) is 28.2 Å². The Morgan fingerprint density at radius 1 is 1.46 bits per heavy atom. The first-order valence-corrected chi connectivity index (χ1v) is 8.29. The quantitative estimate of drug-likeness (QED) is 0.400. The molecule has 0 aromatic carbocycles. The van der Waals surface area contributed by atoms with E-state index >= 15 is 0 Å². The van der Waals surface area contributed by atoms with Gasteiger partial charge in [0.25, 0.3) is 15.7 Å². The Labute approximate surface area is 135 Å². The van der Waals surface area contributed by atoms with Gasteiger partial charge in [-0.3, -0.25) is 14.3 Å². The molecule has 0 aliphatic carbocycles. The van der Waals surface area contributed by atoms with Crippen LogP contribution < -0.4 is 17.0 Å². The van der Waals surface area contributed by atoms with Crippen molar-refractivity contribution in [3.63, 3.8) is 0 Å². The summed E-state index contributed by atoms with van der Waals surface area (Å²) in [5.41, 5.74) is 1.96. The zero-order valence-electron chi connectivity index (χ0n) is 12.4. The van der Waals surface area contributed by atoms with Crippen molar-refractivity contribution in [3.8, 4) is 0 Å². The molecule has 24 heavy (non-hydrogen) atoms. The third kappa shape index (κ3) is 2.22. The van der Waals surface area contributed by atoms with Gasteiger partial charge in [-0.2, -0.15) is 8.42 Å². The lowest BCUT2D eigenvalue weighted by Gasteiger charge is -2.30. The van der Waals surface area contributed by atoms with Gasteiger partial charge in [0.15, 0.2) is 11.8 Å². The minimum absolute atomic E-state index is 0.162. The van der Waals surface area contributed by atoms with Crippen molar-refractivity contribution in [1.29, 1.82) is 0 Å². The van der Waals surface area contributed by atoms with E-state index in [1.807, 2.05) is 4.98 Å². The molecule has 0 bridgehead atoms. The molecule has 0 saturated carbocycles. The average Bonchev–Trinajstić information content (AvgIpc) is 2.89. The van der Waals surface area contributed by atoms with Crippen molar-refractivity contribution < 1.29 is 27.6 Å². The molecule has 1 saturated heterocycles. The highest BCUT2D eigenvalue weighted by molar-refractivity contribution is 7.90. The zero-order valence-corrected chi connectivity index (χ0v) is 13.2. The summed E-state index contributed by atoms with van der Waals surface area (Å²) in [6, 6.07) is 0. The maximum Gasteiger partial charge on any atom is 0.330 e. The molecular weight excluding hydrogens is 346 g/mol.